The van der Waals surface area contributed by atoms with Gasteiger partial charge < -0.3 is 10.6 Å². The van der Waals surface area contributed by atoms with Crippen molar-refractivity contribution in [1.29, 1.82) is 0 Å². The number of piperidine rings is 1. The Morgan fingerprint density at radius 3 is 2.45 bits per heavy atom. The lowest BCUT2D eigenvalue weighted by molar-refractivity contribution is 0.113. The molecule has 2 heterocycles. The molecule has 4 heteroatoms. The SMILES string of the molecule is CSCCCC(CN)N1CCC(CN2CCCC2)CC1. The molecule has 0 aromatic heterocycles. The summed E-state index contributed by atoms with van der Waals surface area (Å²) in [6, 6.07) is 0.634. The molecular formula is C16H33N3S. The normalized spacial score (nSPS) is 24.3. The van der Waals surface area contributed by atoms with E-state index in [-0.39, 0.29) is 0 Å². The minimum Gasteiger partial charge on any atom is -0.329 e. The number of hydrogen-bond acceptors (Lipinski definition) is 4. The Labute approximate surface area is 129 Å². The zero-order chi connectivity index (χ0) is 14.2. The number of nitrogens with two attached hydrogens (primary N) is 1. The summed E-state index contributed by atoms with van der Waals surface area (Å²) in [6.07, 6.45) is 10.4. The standard InChI is InChI=1S/C16H33N3S/c1-20-12-4-5-16(13-17)19-10-6-15(7-11-19)14-18-8-2-3-9-18/h15-16H,2-14,17H2,1H3. The molecule has 0 aromatic rings. The molecule has 1 atom stereocenters. The molecule has 0 spiro atoms. The van der Waals surface area contributed by atoms with Crippen molar-refractivity contribution in [3.63, 3.8) is 0 Å². The van der Waals surface area contributed by atoms with Crippen LogP contribution in [0.15, 0.2) is 0 Å². The Bertz CT molecular complexity index is 248. The molecule has 2 rings (SSSR count). The highest BCUT2D eigenvalue weighted by Gasteiger charge is 2.25. The van der Waals surface area contributed by atoms with E-state index in [4.69, 9.17) is 5.73 Å². The van der Waals surface area contributed by atoms with Crippen LogP contribution in [0.4, 0.5) is 0 Å². The van der Waals surface area contributed by atoms with E-state index in [2.05, 4.69) is 16.1 Å². The number of thioether (sulfide) groups is 1. The number of rotatable bonds is 8. The van der Waals surface area contributed by atoms with Crippen LogP contribution in [0.1, 0.15) is 38.5 Å². The Morgan fingerprint density at radius 2 is 1.85 bits per heavy atom. The first-order valence-corrected chi connectivity index (χ1v) is 9.88. The van der Waals surface area contributed by atoms with Gasteiger partial charge in [0.2, 0.25) is 0 Å². The first-order chi connectivity index (χ1) is 9.83. The number of likely N-dealkylation sites (tertiary alicyclic amines) is 2. The van der Waals surface area contributed by atoms with Crippen molar-refractivity contribution in [2.24, 2.45) is 11.7 Å². The zero-order valence-corrected chi connectivity index (χ0v) is 14.0. The van der Waals surface area contributed by atoms with Crippen molar-refractivity contribution in [3.8, 4) is 0 Å². The fraction of sp³-hybridized carbons (Fsp3) is 1.00. The molecule has 2 aliphatic heterocycles. The van der Waals surface area contributed by atoms with Gasteiger partial charge in [-0.2, -0.15) is 11.8 Å². The summed E-state index contributed by atoms with van der Waals surface area (Å²) >= 11 is 1.95. The van der Waals surface area contributed by atoms with E-state index in [0.29, 0.717) is 6.04 Å². The second kappa shape index (κ2) is 9.29. The Hall–Kier alpha value is 0.230. The fourth-order valence-electron chi connectivity index (χ4n) is 3.74. The van der Waals surface area contributed by atoms with Gasteiger partial charge in [0.1, 0.15) is 0 Å². The van der Waals surface area contributed by atoms with Crippen molar-refractivity contribution in [1.82, 2.24) is 9.80 Å². The average molecular weight is 300 g/mol. The van der Waals surface area contributed by atoms with Gasteiger partial charge in [-0.3, -0.25) is 4.90 Å². The number of hydrogen-bond donors (Lipinski definition) is 1. The van der Waals surface area contributed by atoms with Crippen molar-refractivity contribution in [2.45, 2.75) is 44.6 Å². The summed E-state index contributed by atoms with van der Waals surface area (Å²) < 4.78 is 0. The van der Waals surface area contributed by atoms with Crippen molar-refractivity contribution >= 4 is 11.8 Å². The van der Waals surface area contributed by atoms with Crippen molar-refractivity contribution in [2.75, 3.05) is 51.3 Å². The average Bonchev–Trinajstić information content (AvgIpc) is 2.98. The molecular weight excluding hydrogens is 266 g/mol. The van der Waals surface area contributed by atoms with Crippen LogP contribution in [-0.2, 0) is 0 Å². The topological polar surface area (TPSA) is 32.5 Å². The summed E-state index contributed by atoms with van der Waals surface area (Å²) in [5.74, 6) is 2.22. The Kier molecular flexibility index (Phi) is 7.71. The summed E-state index contributed by atoms with van der Waals surface area (Å²) in [5, 5.41) is 0. The lowest BCUT2D eigenvalue weighted by Crippen LogP contribution is -2.46. The van der Waals surface area contributed by atoms with Gasteiger partial charge in [0.05, 0.1) is 0 Å². The van der Waals surface area contributed by atoms with Gasteiger partial charge in [0, 0.05) is 19.1 Å². The van der Waals surface area contributed by atoms with Crippen LogP contribution in [0, 0.1) is 5.92 Å². The minimum atomic E-state index is 0.634. The monoisotopic (exact) mass is 299 g/mol. The number of nitrogens with zero attached hydrogens (tertiary/aromatic N) is 2. The largest absolute Gasteiger partial charge is 0.329 e. The third-order valence-electron chi connectivity index (χ3n) is 5.04. The van der Waals surface area contributed by atoms with E-state index < -0.39 is 0 Å². The highest BCUT2D eigenvalue weighted by molar-refractivity contribution is 7.98. The third-order valence-corrected chi connectivity index (χ3v) is 5.74. The first-order valence-electron chi connectivity index (χ1n) is 8.49. The smallest absolute Gasteiger partial charge is 0.0218 e. The van der Waals surface area contributed by atoms with Gasteiger partial charge in [0.25, 0.3) is 0 Å². The first kappa shape index (κ1) is 16.6. The van der Waals surface area contributed by atoms with Gasteiger partial charge in [-0.1, -0.05) is 0 Å². The van der Waals surface area contributed by atoms with Crippen LogP contribution in [-0.4, -0.2) is 67.1 Å². The van der Waals surface area contributed by atoms with E-state index in [1.807, 2.05) is 11.8 Å². The lowest BCUT2D eigenvalue weighted by atomic mass is 9.94. The Morgan fingerprint density at radius 1 is 1.15 bits per heavy atom. The van der Waals surface area contributed by atoms with E-state index in [9.17, 15) is 0 Å². The quantitative estimate of drug-likeness (QED) is 0.697. The molecule has 3 nitrogen and oxygen atoms in total. The summed E-state index contributed by atoms with van der Waals surface area (Å²) in [6.45, 7) is 7.44. The van der Waals surface area contributed by atoms with E-state index >= 15 is 0 Å². The van der Waals surface area contributed by atoms with Gasteiger partial charge in [0.15, 0.2) is 0 Å². The van der Waals surface area contributed by atoms with Crippen LogP contribution in [0.2, 0.25) is 0 Å². The Balaban J connectivity index is 1.66. The lowest BCUT2D eigenvalue weighted by Gasteiger charge is -2.38. The maximum absolute atomic E-state index is 6.00. The van der Waals surface area contributed by atoms with Crippen LogP contribution < -0.4 is 5.73 Å². The molecule has 20 heavy (non-hydrogen) atoms. The van der Waals surface area contributed by atoms with Gasteiger partial charge in [-0.25, -0.2) is 0 Å². The molecule has 0 aliphatic carbocycles. The van der Waals surface area contributed by atoms with Crippen LogP contribution in [0.25, 0.3) is 0 Å². The maximum Gasteiger partial charge on any atom is 0.0218 e. The molecule has 2 aliphatic rings. The molecule has 0 saturated carbocycles. The minimum absolute atomic E-state index is 0.634. The van der Waals surface area contributed by atoms with E-state index in [0.717, 1.165) is 12.5 Å². The molecule has 1 unspecified atom stereocenters. The maximum atomic E-state index is 6.00. The van der Waals surface area contributed by atoms with Gasteiger partial charge in [-0.05, 0) is 82.6 Å². The van der Waals surface area contributed by atoms with E-state index in [1.165, 1.54) is 77.0 Å². The molecule has 2 N–H and O–H groups in total. The zero-order valence-electron chi connectivity index (χ0n) is 13.2. The highest BCUT2D eigenvalue weighted by Crippen LogP contribution is 2.23. The predicted octanol–water partition coefficient (Wildman–Crippen LogP) is 2.26. The van der Waals surface area contributed by atoms with Crippen molar-refractivity contribution in [3.05, 3.63) is 0 Å². The van der Waals surface area contributed by atoms with E-state index in [1.54, 1.807) is 0 Å². The molecule has 0 aromatic carbocycles. The molecule has 2 fully saturated rings. The second-order valence-electron chi connectivity index (χ2n) is 6.51. The van der Waals surface area contributed by atoms with Crippen LogP contribution >= 0.6 is 11.8 Å². The van der Waals surface area contributed by atoms with Crippen LogP contribution in [0.3, 0.4) is 0 Å². The van der Waals surface area contributed by atoms with Crippen molar-refractivity contribution < 1.29 is 0 Å². The highest BCUT2D eigenvalue weighted by atomic mass is 32.2. The third kappa shape index (κ3) is 5.21. The molecule has 0 radical (unpaired) electrons. The summed E-state index contributed by atoms with van der Waals surface area (Å²) in [5.41, 5.74) is 6.00. The molecule has 118 valence electrons. The van der Waals surface area contributed by atoms with Gasteiger partial charge in [-0.15, -0.1) is 0 Å². The second-order valence-corrected chi connectivity index (χ2v) is 7.50. The van der Waals surface area contributed by atoms with Gasteiger partial charge >= 0.3 is 0 Å². The fourth-order valence-corrected chi connectivity index (χ4v) is 4.20. The molecule has 0 amide bonds. The van der Waals surface area contributed by atoms with Crippen LogP contribution in [0.5, 0.6) is 0 Å². The predicted molar refractivity (Wildman–Crippen MR) is 90.4 cm³/mol. The summed E-state index contributed by atoms with van der Waals surface area (Å²) in [4.78, 5) is 5.35. The molecule has 0 bridgehead atoms. The molecule has 2 saturated heterocycles. The summed E-state index contributed by atoms with van der Waals surface area (Å²) in [7, 11) is 0.